The Labute approximate surface area is 180 Å². The molecule has 1 aliphatic rings. The number of carbonyl (C=O) groups is 1. The Kier molecular flexibility index (Phi) is 6.01. The molecule has 1 aliphatic heterocycles. The van der Waals surface area contributed by atoms with E-state index >= 15 is 0 Å². The van der Waals surface area contributed by atoms with Crippen LogP contribution in [0.15, 0.2) is 41.2 Å². The molecule has 2 aromatic heterocycles. The maximum absolute atomic E-state index is 12.6. The maximum Gasteiger partial charge on any atom is 0.573 e. The van der Waals surface area contributed by atoms with Crippen LogP contribution in [0.2, 0.25) is 0 Å². The van der Waals surface area contributed by atoms with Crippen LogP contribution in [0.5, 0.6) is 5.75 Å². The smallest absolute Gasteiger partial charge is 0.406 e. The molecule has 0 aliphatic carbocycles. The number of rotatable bonds is 6. The van der Waals surface area contributed by atoms with Crippen molar-refractivity contribution in [3.8, 4) is 5.75 Å². The average molecular weight is 450 g/mol. The molecule has 1 aromatic carbocycles. The van der Waals surface area contributed by atoms with Crippen LogP contribution < -0.4 is 20.6 Å². The predicted octanol–water partition coefficient (Wildman–Crippen LogP) is 2.10. The molecule has 1 saturated heterocycles. The van der Waals surface area contributed by atoms with Crippen molar-refractivity contribution in [2.75, 3.05) is 18.0 Å². The molecule has 0 bridgehead atoms. The second-order valence-corrected chi connectivity index (χ2v) is 7.42. The zero-order chi connectivity index (χ0) is 22.7. The number of nitrogens with one attached hydrogen (secondary N) is 1. The number of aromatic nitrogens is 4. The number of halogens is 3. The summed E-state index contributed by atoms with van der Waals surface area (Å²) in [5.41, 5.74) is 0.384. The number of carbonyl (C=O) groups excluding carboxylic acids is 1. The van der Waals surface area contributed by atoms with Crippen molar-refractivity contribution < 1.29 is 22.7 Å². The largest absolute Gasteiger partial charge is 0.573 e. The lowest BCUT2D eigenvalue weighted by molar-refractivity contribution is -0.274. The number of hydrogen-bond donors (Lipinski definition) is 1. The third-order valence-electron chi connectivity index (χ3n) is 5.05. The van der Waals surface area contributed by atoms with Crippen LogP contribution >= 0.6 is 0 Å². The van der Waals surface area contributed by atoms with Gasteiger partial charge in [-0.2, -0.15) is 4.52 Å². The average Bonchev–Trinajstić information content (AvgIpc) is 3.07. The Bertz CT molecular complexity index is 1150. The molecule has 1 amide bonds. The fourth-order valence-electron chi connectivity index (χ4n) is 3.50. The number of hydrogen-bond acceptors (Lipinski definition) is 6. The van der Waals surface area contributed by atoms with E-state index < -0.39 is 18.0 Å². The summed E-state index contributed by atoms with van der Waals surface area (Å²) in [5, 5.41) is 11.1. The fourth-order valence-corrected chi connectivity index (χ4v) is 3.50. The van der Waals surface area contributed by atoms with Crippen molar-refractivity contribution in [1.29, 1.82) is 0 Å². The topological polar surface area (TPSA) is 93.8 Å². The number of nitrogens with zero attached hydrogens (tertiary/aromatic N) is 5. The lowest BCUT2D eigenvalue weighted by atomic mass is 10.1. The quantitative estimate of drug-likeness (QED) is 0.618. The van der Waals surface area contributed by atoms with Gasteiger partial charge in [0.25, 0.3) is 0 Å². The maximum atomic E-state index is 12.6. The van der Waals surface area contributed by atoms with Crippen molar-refractivity contribution in [2.24, 2.45) is 0 Å². The van der Waals surface area contributed by atoms with Gasteiger partial charge in [0.05, 0.1) is 0 Å². The number of piperidine rings is 1. The van der Waals surface area contributed by atoms with E-state index in [1.807, 2.05) is 6.07 Å². The van der Waals surface area contributed by atoms with Gasteiger partial charge in [-0.15, -0.1) is 23.4 Å². The normalized spacial score (nSPS) is 14.5. The standard InChI is InChI=1S/C20H21F3N6O3/c21-20(22,23)32-15-6-4-14(5-7-15)12-24-18(30)13-28-19(31)29-17(25-28)9-8-16(26-29)27-10-2-1-3-11-27/h4-9H,1-3,10-13H2,(H,24,30). The van der Waals surface area contributed by atoms with Gasteiger partial charge in [0, 0.05) is 19.6 Å². The molecule has 170 valence electrons. The van der Waals surface area contributed by atoms with Gasteiger partial charge in [0.15, 0.2) is 5.65 Å². The van der Waals surface area contributed by atoms with Crippen LogP contribution in [0.3, 0.4) is 0 Å². The molecule has 3 heterocycles. The summed E-state index contributed by atoms with van der Waals surface area (Å²) in [6, 6.07) is 8.64. The van der Waals surface area contributed by atoms with E-state index in [1.54, 1.807) is 6.07 Å². The highest BCUT2D eigenvalue weighted by molar-refractivity contribution is 5.75. The second kappa shape index (κ2) is 8.89. The summed E-state index contributed by atoms with van der Waals surface area (Å²) >= 11 is 0. The van der Waals surface area contributed by atoms with E-state index in [-0.39, 0.29) is 18.8 Å². The van der Waals surface area contributed by atoms with E-state index in [9.17, 15) is 22.8 Å². The zero-order valence-corrected chi connectivity index (χ0v) is 17.0. The second-order valence-electron chi connectivity index (χ2n) is 7.42. The predicted molar refractivity (Wildman–Crippen MR) is 108 cm³/mol. The van der Waals surface area contributed by atoms with Gasteiger partial charge in [-0.05, 0) is 49.1 Å². The molecular weight excluding hydrogens is 429 g/mol. The summed E-state index contributed by atoms with van der Waals surface area (Å²) in [6.07, 6.45) is -1.43. The molecule has 1 fully saturated rings. The third kappa shape index (κ3) is 5.18. The van der Waals surface area contributed by atoms with Gasteiger partial charge in [-0.3, -0.25) is 4.79 Å². The van der Waals surface area contributed by atoms with Gasteiger partial charge < -0.3 is 15.0 Å². The number of alkyl halides is 3. The van der Waals surface area contributed by atoms with E-state index in [0.717, 1.165) is 42.7 Å². The molecule has 32 heavy (non-hydrogen) atoms. The summed E-state index contributed by atoms with van der Waals surface area (Å²) in [6.45, 7) is 1.53. The number of benzene rings is 1. The third-order valence-corrected chi connectivity index (χ3v) is 5.05. The van der Waals surface area contributed by atoms with Gasteiger partial charge >= 0.3 is 12.1 Å². The van der Waals surface area contributed by atoms with E-state index in [0.29, 0.717) is 17.0 Å². The van der Waals surface area contributed by atoms with Crippen molar-refractivity contribution in [2.45, 2.75) is 38.7 Å². The van der Waals surface area contributed by atoms with Crippen LogP contribution in [-0.4, -0.2) is 44.8 Å². The fraction of sp³-hybridized carbons (Fsp3) is 0.400. The Balaban J connectivity index is 1.38. The molecule has 0 spiro atoms. The summed E-state index contributed by atoms with van der Waals surface area (Å²) in [4.78, 5) is 27.0. The monoisotopic (exact) mass is 450 g/mol. The van der Waals surface area contributed by atoms with E-state index in [1.165, 1.54) is 23.1 Å². The summed E-state index contributed by atoms with van der Waals surface area (Å²) in [5.74, 6) is -0.121. The highest BCUT2D eigenvalue weighted by Crippen LogP contribution is 2.22. The van der Waals surface area contributed by atoms with E-state index in [4.69, 9.17) is 0 Å². The minimum Gasteiger partial charge on any atom is -0.406 e. The van der Waals surface area contributed by atoms with Crippen LogP contribution in [0.1, 0.15) is 24.8 Å². The van der Waals surface area contributed by atoms with Crippen molar-refractivity contribution >= 4 is 17.4 Å². The molecule has 4 rings (SSSR count). The van der Waals surface area contributed by atoms with Crippen LogP contribution in [-0.2, 0) is 17.9 Å². The number of fused-ring (bicyclic) bond motifs is 1. The first-order chi connectivity index (χ1) is 15.3. The Morgan fingerprint density at radius 2 is 1.75 bits per heavy atom. The molecule has 0 unspecified atom stereocenters. The van der Waals surface area contributed by atoms with E-state index in [2.05, 4.69) is 25.2 Å². The molecule has 12 heteroatoms. The molecule has 9 nitrogen and oxygen atoms in total. The first-order valence-corrected chi connectivity index (χ1v) is 10.1. The number of ether oxygens (including phenoxy) is 1. The molecule has 0 atom stereocenters. The van der Waals surface area contributed by atoms with Crippen LogP contribution in [0, 0.1) is 0 Å². The van der Waals surface area contributed by atoms with Crippen molar-refractivity contribution in [1.82, 2.24) is 24.7 Å². The molecular formula is C20H21F3N6O3. The van der Waals surface area contributed by atoms with Crippen LogP contribution in [0.4, 0.5) is 19.0 Å². The lowest BCUT2D eigenvalue weighted by Crippen LogP contribution is -2.33. The van der Waals surface area contributed by atoms with Crippen molar-refractivity contribution in [3.05, 3.63) is 52.4 Å². The highest BCUT2D eigenvalue weighted by atomic mass is 19.4. The van der Waals surface area contributed by atoms with Gasteiger partial charge in [-0.1, -0.05) is 12.1 Å². The highest BCUT2D eigenvalue weighted by Gasteiger charge is 2.30. The van der Waals surface area contributed by atoms with Crippen molar-refractivity contribution in [3.63, 3.8) is 0 Å². The van der Waals surface area contributed by atoms with Gasteiger partial charge in [0.2, 0.25) is 5.91 Å². The summed E-state index contributed by atoms with van der Waals surface area (Å²) in [7, 11) is 0. The Morgan fingerprint density at radius 3 is 2.44 bits per heavy atom. The number of anilines is 1. The molecule has 0 saturated carbocycles. The zero-order valence-electron chi connectivity index (χ0n) is 17.0. The van der Waals surface area contributed by atoms with Crippen LogP contribution in [0.25, 0.3) is 5.65 Å². The molecule has 1 N–H and O–H groups in total. The first kappa shape index (κ1) is 21.7. The number of amides is 1. The van der Waals surface area contributed by atoms with Gasteiger partial charge in [-0.25, -0.2) is 9.48 Å². The minimum absolute atomic E-state index is 0.0740. The van der Waals surface area contributed by atoms with Gasteiger partial charge in [0.1, 0.15) is 18.1 Å². The lowest BCUT2D eigenvalue weighted by Gasteiger charge is -2.27. The molecule has 3 aromatic rings. The first-order valence-electron chi connectivity index (χ1n) is 10.1. The SMILES string of the molecule is O=C(Cn1nc2ccc(N3CCCCC3)nn2c1=O)NCc1ccc(OC(F)(F)F)cc1. The Hall–Kier alpha value is -3.57. The minimum atomic E-state index is -4.76. The summed E-state index contributed by atoms with van der Waals surface area (Å²) < 4.78 is 42.6. The molecule has 0 radical (unpaired) electrons. The Morgan fingerprint density at radius 1 is 1.03 bits per heavy atom.